The molecule has 4 rings (SSSR count). The Hall–Kier alpha value is -0.340. The predicted molar refractivity (Wildman–Crippen MR) is 126 cm³/mol. The molecular weight excluding hydrogens is 368 g/mol. The number of hydrogen-bond acceptors (Lipinski definition) is 2. The fourth-order valence-electron chi connectivity index (χ4n) is 7.19. The van der Waals surface area contributed by atoms with Gasteiger partial charge in [0.1, 0.15) is 0 Å². The van der Waals surface area contributed by atoms with Gasteiger partial charge in [0.05, 0.1) is 18.3 Å². The Morgan fingerprint density at radius 3 is 2.03 bits per heavy atom. The van der Waals surface area contributed by atoms with Crippen molar-refractivity contribution in [2.24, 2.45) is 29.6 Å². The van der Waals surface area contributed by atoms with Gasteiger partial charge in [-0.25, -0.2) is 0 Å². The fourth-order valence-corrected chi connectivity index (χ4v) is 7.19. The lowest BCUT2D eigenvalue weighted by Crippen LogP contribution is -2.31. The van der Waals surface area contributed by atoms with Gasteiger partial charge in [-0.05, 0) is 126 Å². The Bertz CT molecular complexity index is 493. The van der Waals surface area contributed by atoms with Crippen LogP contribution in [0.25, 0.3) is 0 Å². The average molecular weight is 417 g/mol. The highest BCUT2D eigenvalue weighted by Crippen LogP contribution is 2.41. The first kappa shape index (κ1) is 22.8. The molecule has 0 bridgehead atoms. The third-order valence-electron chi connectivity index (χ3n) is 9.27. The summed E-state index contributed by atoms with van der Waals surface area (Å²) in [6.07, 6.45) is 25.6. The second kappa shape index (κ2) is 11.5. The summed E-state index contributed by atoms with van der Waals surface area (Å²) in [5.74, 6) is 4.41. The van der Waals surface area contributed by atoms with Gasteiger partial charge in [0.25, 0.3) is 0 Å². The molecule has 0 aromatic heterocycles. The Balaban J connectivity index is 1.08. The van der Waals surface area contributed by atoms with Crippen LogP contribution in [0, 0.1) is 29.6 Å². The molecule has 2 nitrogen and oxygen atoms in total. The molecule has 0 spiro atoms. The van der Waals surface area contributed by atoms with Crippen molar-refractivity contribution < 1.29 is 9.47 Å². The quantitative estimate of drug-likeness (QED) is 0.377. The van der Waals surface area contributed by atoms with Gasteiger partial charge in [0.15, 0.2) is 0 Å². The monoisotopic (exact) mass is 416 g/mol. The molecular formula is C28H48O2. The molecule has 1 heterocycles. The van der Waals surface area contributed by atoms with E-state index in [2.05, 4.69) is 19.6 Å². The lowest BCUT2D eigenvalue weighted by Gasteiger charge is -2.38. The van der Waals surface area contributed by atoms with E-state index in [0.29, 0.717) is 18.3 Å². The summed E-state index contributed by atoms with van der Waals surface area (Å²) in [6.45, 7) is 7.31. The van der Waals surface area contributed by atoms with E-state index in [9.17, 15) is 0 Å². The summed E-state index contributed by atoms with van der Waals surface area (Å²) in [7, 11) is 0. The molecule has 0 aromatic carbocycles. The molecule has 172 valence electrons. The molecule has 2 heteroatoms. The van der Waals surface area contributed by atoms with E-state index in [4.69, 9.17) is 9.47 Å². The molecule has 0 amide bonds. The third-order valence-corrected chi connectivity index (χ3v) is 9.27. The number of rotatable bonds is 8. The molecule has 0 aromatic rings. The summed E-state index contributed by atoms with van der Waals surface area (Å²) in [4.78, 5) is 0. The molecule has 0 N–H and O–H groups in total. The normalized spacial score (nSPS) is 42.8. The molecule has 4 aliphatic rings. The topological polar surface area (TPSA) is 18.5 Å². The first-order valence-electron chi connectivity index (χ1n) is 13.6. The maximum Gasteiger partial charge on any atom is 0.0608 e. The van der Waals surface area contributed by atoms with E-state index in [1.807, 2.05) is 0 Å². The lowest BCUT2D eigenvalue weighted by atomic mass is 9.70. The summed E-state index contributed by atoms with van der Waals surface area (Å²) < 4.78 is 12.8. The number of hydrogen-bond donors (Lipinski definition) is 0. The highest BCUT2D eigenvalue weighted by atomic mass is 16.5. The van der Waals surface area contributed by atoms with Crippen LogP contribution in [0.15, 0.2) is 12.7 Å². The van der Waals surface area contributed by atoms with Gasteiger partial charge in [-0.3, -0.25) is 0 Å². The van der Waals surface area contributed by atoms with E-state index in [-0.39, 0.29) is 0 Å². The Morgan fingerprint density at radius 1 is 0.767 bits per heavy atom. The minimum Gasteiger partial charge on any atom is -0.378 e. The molecule has 2 atom stereocenters. The van der Waals surface area contributed by atoms with Crippen LogP contribution < -0.4 is 0 Å². The van der Waals surface area contributed by atoms with E-state index in [1.165, 1.54) is 103 Å². The van der Waals surface area contributed by atoms with E-state index in [1.54, 1.807) is 0 Å². The van der Waals surface area contributed by atoms with Crippen LogP contribution in [0.3, 0.4) is 0 Å². The van der Waals surface area contributed by atoms with Gasteiger partial charge in [-0.2, -0.15) is 0 Å². The zero-order chi connectivity index (χ0) is 20.8. The molecule has 30 heavy (non-hydrogen) atoms. The van der Waals surface area contributed by atoms with Crippen molar-refractivity contribution in [3.8, 4) is 0 Å². The van der Waals surface area contributed by atoms with Gasteiger partial charge >= 0.3 is 0 Å². The van der Waals surface area contributed by atoms with E-state index < -0.39 is 0 Å². The van der Waals surface area contributed by atoms with Crippen LogP contribution >= 0.6 is 0 Å². The zero-order valence-electron chi connectivity index (χ0n) is 19.7. The van der Waals surface area contributed by atoms with E-state index in [0.717, 1.165) is 36.2 Å². The van der Waals surface area contributed by atoms with Crippen molar-refractivity contribution in [1.29, 1.82) is 0 Å². The molecule has 3 saturated carbocycles. The fraction of sp³-hybridized carbons (Fsp3) is 0.929. The molecule has 0 radical (unpaired) electrons. The molecule has 1 aliphatic heterocycles. The van der Waals surface area contributed by atoms with Gasteiger partial charge < -0.3 is 9.47 Å². The van der Waals surface area contributed by atoms with Crippen LogP contribution in [0.2, 0.25) is 0 Å². The summed E-state index contributed by atoms with van der Waals surface area (Å²) in [5, 5.41) is 0. The van der Waals surface area contributed by atoms with Gasteiger partial charge in [-0.15, -0.1) is 6.58 Å². The van der Waals surface area contributed by atoms with Gasteiger partial charge in [0, 0.05) is 6.61 Å². The SMILES string of the molecule is C=CC1CCC(C2CCC(OCC3CCC(C4CCC(CCC)O4)CC3)CC2)CC1. The maximum absolute atomic E-state index is 6.46. The second-order valence-corrected chi connectivity index (χ2v) is 11.2. The Kier molecular flexibility index (Phi) is 8.76. The number of ether oxygens (including phenoxy) is 2. The maximum atomic E-state index is 6.46. The molecule has 1 saturated heterocycles. The highest BCUT2D eigenvalue weighted by molar-refractivity contribution is 4.88. The van der Waals surface area contributed by atoms with Gasteiger partial charge in [-0.1, -0.05) is 19.4 Å². The Labute approximate surface area is 186 Å². The smallest absolute Gasteiger partial charge is 0.0608 e. The largest absolute Gasteiger partial charge is 0.378 e. The predicted octanol–water partition coefficient (Wildman–Crippen LogP) is 7.71. The van der Waals surface area contributed by atoms with Crippen molar-refractivity contribution >= 4 is 0 Å². The van der Waals surface area contributed by atoms with Crippen molar-refractivity contribution in [3.63, 3.8) is 0 Å². The first-order chi connectivity index (χ1) is 14.7. The standard InChI is InChI=1S/C28H48O2/c1-3-5-27-18-19-28(30-27)25-12-8-22(9-13-25)20-29-26-16-14-24(15-17-26)23-10-6-21(4-2)7-11-23/h4,21-28H,2-3,5-20H2,1H3. The summed E-state index contributed by atoms with van der Waals surface area (Å²) >= 11 is 0. The van der Waals surface area contributed by atoms with Crippen molar-refractivity contribution in [2.45, 2.75) is 128 Å². The van der Waals surface area contributed by atoms with E-state index >= 15 is 0 Å². The first-order valence-corrected chi connectivity index (χ1v) is 13.6. The van der Waals surface area contributed by atoms with Crippen LogP contribution in [0.1, 0.15) is 110 Å². The van der Waals surface area contributed by atoms with Crippen LogP contribution in [-0.2, 0) is 9.47 Å². The minimum absolute atomic E-state index is 0.552. The Morgan fingerprint density at radius 2 is 1.40 bits per heavy atom. The zero-order valence-corrected chi connectivity index (χ0v) is 19.7. The summed E-state index contributed by atoms with van der Waals surface area (Å²) in [6, 6.07) is 0. The second-order valence-electron chi connectivity index (χ2n) is 11.2. The lowest BCUT2D eigenvalue weighted by molar-refractivity contribution is -0.0326. The van der Waals surface area contributed by atoms with Crippen molar-refractivity contribution in [3.05, 3.63) is 12.7 Å². The highest BCUT2D eigenvalue weighted by Gasteiger charge is 2.34. The number of allylic oxidation sites excluding steroid dienone is 1. The van der Waals surface area contributed by atoms with Crippen molar-refractivity contribution in [2.75, 3.05) is 6.61 Å². The third kappa shape index (κ3) is 6.12. The molecule has 2 unspecified atom stereocenters. The van der Waals surface area contributed by atoms with Gasteiger partial charge in [0.2, 0.25) is 0 Å². The molecule has 3 aliphatic carbocycles. The van der Waals surface area contributed by atoms with Crippen LogP contribution in [0.4, 0.5) is 0 Å². The molecule has 4 fully saturated rings. The van der Waals surface area contributed by atoms with Crippen LogP contribution in [0.5, 0.6) is 0 Å². The minimum atomic E-state index is 0.552. The average Bonchev–Trinajstić information content (AvgIpc) is 3.27. The van der Waals surface area contributed by atoms with Crippen LogP contribution in [-0.4, -0.2) is 24.9 Å². The van der Waals surface area contributed by atoms with Crippen molar-refractivity contribution in [1.82, 2.24) is 0 Å². The summed E-state index contributed by atoms with van der Waals surface area (Å²) in [5.41, 5.74) is 0.